The molecule has 0 aliphatic heterocycles. The van der Waals surface area contributed by atoms with Crippen molar-refractivity contribution in [2.45, 2.75) is 0 Å². The van der Waals surface area contributed by atoms with Crippen molar-refractivity contribution in [3.63, 3.8) is 0 Å². The summed E-state index contributed by atoms with van der Waals surface area (Å²) in [7, 11) is 0. The second kappa shape index (κ2) is 17.1. The van der Waals surface area contributed by atoms with E-state index in [9.17, 15) is 44.1 Å². The van der Waals surface area contributed by atoms with E-state index < -0.39 is 61.9 Å². The van der Waals surface area contributed by atoms with Gasteiger partial charge in [-0.05, 0) is 12.1 Å². The van der Waals surface area contributed by atoms with Gasteiger partial charge in [0.15, 0.2) is 11.5 Å². The lowest BCUT2D eigenvalue weighted by Gasteiger charge is -2.27. The predicted octanol–water partition coefficient (Wildman–Crippen LogP) is -1.90. The molecule has 0 aliphatic carbocycles. The summed E-state index contributed by atoms with van der Waals surface area (Å²) in [6.45, 7) is -2.57. The number of nitrogens with zero attached hydrogens (tertiary/aromatic N) is 5. The highest BCUT2D eigenvalue weighted by Gasteiger charge is 2.20. The molecule has 2 rings (SSSR count). The van der Waals surface area contributed by atoms with Gasteiger partial charge in [0.25, 0.3) is 0 Å². The number of carbonyl (C=O) groups excluding carboxylic acids is 1. The average molecular weight is 608 g/mol. The van der Waals surface area contributed by atoms with Crippen molar-refractivity contribution >= 4 is 52.6 Å². The molecule has 0 bridgehead atoms. The maximum atomic E-state index is 12.5. The molecule has 234 valence electrons. The number of carbonyl (C=O) groups is 6. The second-order valence-corrected chi connectivity index (χ2v) is 9.26. The lowest BCUT2D eigenvalue weighted by Crippen LogP contribution is -2.46. The summed E-state index contributed by atoms with van der Waals surface area (Å²) >= 11 is 0. The number of aromatic nitrogens is 2. The van der Waals surface area contributed by atoms with Crippen LogP contribution in [0, 0.1) is 0 Å². The number of carboxylic acids is 5. The number of hydrogen-bond donors (Lipinski definition) is 7. The van der Waals surface area contributed by atoms with Crippen LogP contribution in [-0.2, 0) is 24.0 Å². The van der Waals surface area contributed by atoms with Gasteiger partial charge in [0.2, 0.25) is 5.91 Å². The van der Waals surface area contributed by atoms with E-state index in [2.05, 4.69) is 20.6 Å². The summed E-state index contributed by atoms with van der Waals surface area (Å²) in [5.74, 6) is -6.78. The normalized spacial score (nSPS) is 11.1. The Balaban J connectivity index is 1.93. The lowest BCUT2D eigenvalue weighted by atomic mass is 10.3. The molecular weight excluding hydrogens is 574 g/mol. The van der Waals surface area contributed by atoms with Gasteiger partial charge in [-0.1, -0.05) is 12.1 Å². The molecule has 18 nitrogen and oxygen atoms in total. The Bertz CT molecular complexity index is 1310. The number of fused-ring (bicyclic) bond motifs is 1. The van der Waals surface area contributed by atoms with Crippen molar-refractivity contribution in [3.05, 3.63) is 30.0 Å². The zero-order chi connectivity index (χ0) is 31.9. The van der Waals surface area contributed by atoms with E-state index in [0.29, 0.717) is 11.0 Å². The van der Waals surface area contributed by atoms with Crippen LogP contribution in [0.15, 0.2) is 24.3 Å². The summed E-state index contributed by atoms with van der Waals surface area (Å²) in [5.41, 5.74) is 0.575. The Morgan fingerprint density at radius 3 is 1.53 bits per heavy atom. The van der Waals surface area contributed by atoms with Crippen molar-refractivity contribution in [1.29, 1.82) is 0 Å². The second-order valence-electron chi connectivity index (χ2n) is 9.26. The first-order valence-corrected chi connectivity index (χ1v) is 12.9. The number of aliphatic carboxylic acids is 4. The van der Waals surface area contributed by atoms with E-state index in [4.69, 9.17) is 10.2 Å². The molecule has 43 heavy (non-hydrogen) atoms. The Morgan fingerprint density at radius 2 is 1.05 bits per heavy atom. The highest BCUT2D eigenvalue weighted by molar-refractivity contribution is 5.93. The van der Waals surface area contributed by atoms with Crippen LogP contribution in [0.25, 0.3) is 11.0 Å². The molecule has 0 aliphatic rings. The first-order chi connectivity index (χ1) is 20.3. The molecule has 1 amide bonds. The molecular formula is C25H33N7O11. The van der Waals surface area contributed by atoms with E-state index in [1.54, 1.807) is 24.3 Å². The third-order valence-corrected chi connectivity index (χ3v) is 5.78. The molecule has 1 aromatic heterocycles. The summed E-state index contributed by atoms with van der Waals surface area (Å²) in [6.07, 6.45) is 0. The van der Waals surface area contributed by atoms with Crippen LogP contribution in [0.5, 0.6) is 0 Å². The van der Waals surface area contributed by atoms with Crippen LogP contribution in [-0.4, -0.2) is 158 Å². The Morgan fingerprint density at radius 1 is 0.605 bits per heavy atom. The molecule has 0 radical (unpaired) electrons. The standard InChI is InChI=1S/C25H33N7O11/c33-18(26-5-6-27-24-23(25(42)43)28-16-3-1-2-4-17(16)29-24)11-31(13-20(36)37)9-7-30(12-19(34)35)8-10-32(14-21(38)39)15-22(40)41/h1-4H,5-15H2,(H,26,33)(H,27,29)(H,34,35)(H,36,37)(H,38,39)(H,40,41)(H,42,43). The van der Waals surface area contributed by atoms with Crippen molar-refractivity contribution < 1.29 is 54.3 Å². The maximum Gasteiger partial charge on any atom is 0.358 e. The SMILES string of the molecule is O=C(O)CN(CCN(CC(=O)O)CC(=O)O)CCN(CC(=O)O)CC(=O)NCCNc1nc2ccccc2nc1C(=O)O. The van der Waals surface area contributed by atoms with Crippen molar-refractivity contribution in [1.82, 2.24) is 30.0 Å². The Kier molecular flexibility index (Phi) is 13.6. The van der Waals surface area contributed by atoms with Crippen LogP contribution in [0.1, 0.15) is 10.5 Å². The van der Waals surface area contributed by atoms with E-state index in [1.165, 1.54) is 9.80 Å². The smallest absolute Gasteiger partial charge is 0.358 e. The molecule has 0 spiro atoms. The molecule has 7 N–H and O–H groups in total. The summed E-state index contributed by atoms with van der Waals surface area (Å²) < 4.78 is 0. The highest BCUT2D eigenvalue weighted by Crippen LogP contribution is 2.16. The number of anilines is 1. The molecule has 0 fully saturated rings. The van der Waals surface area contributed by atoms with Gasteiger partial charge in [-0.15, -0.1) is 0 Å². The van der Waals surface area contributed by atoms with E-state index in [-0.39, 0.29) is 57.3 Å². The molecule has 0 unspecified atom stereocenters. The minimum Gasteiger partial charge on any atom is -0.480 e. The van der Waals surface area contributed by atoms with Gasteiger partial charge in [-0.3, -0.25) is 38.7 Å². The third kappa shape index (κ3) is 13.1. The minimum atomic E-state index is -1.29. The molecule has 0 atom stereocenters. The molecule has 0 saturated heterocycles. The fourth-order valence-electron chi connectivity index (χ4n) is 3.94. The third-order valence-electron chi connectivity index (χ3n) is 5.78. The Hall–Kier alpha value is -4.94. The van der Waals surface area contributed by atoms with Crippen LogP contribution >= 0.6 is 0 Å². The number of hydrogen-bond acceptors (Lipinski definition) is 12. The van der Waals surface area contributed by atoms with Gasteiger partial charge >= 0.3 is 29.8 Å². The molecule has 18 heteroatoms. The molecule has 2 aromatic rings. The minimum absolute atomic E-state index is 0.0109. The van der Waals surface area contributed by atoms with Crippen LogP contribution < -0.4 is 10.6 Å². The zero-order valence-electron chi connectivity index (χ0n) is 23.0. The quantitative estimate of drug-likeness (QED) is 0.0764. The van der Waals surface area contributed by atoms with Gasteiger partial charge in [0.1, 0.15) is 0 Å². The number of carboxylic acid groups (broad SMARTS) is 5. The summed E-state index contributed by atoms with van der Waals surface area (Å²) in [6, 6.07) is 6.70. The van der Waals surface area contributed by atoms with Crippen molar-refractivity contribution in [2.75, 3.05) is 77.3 Å². The largest absolute Gasteiger partial charge is 0.480 e. The predicted molar refractivity (Wildman–Crippen MR) is 148 cm³/mol. The Labute approximate surface area is 244 Å². The fraction of sp³-hybridized carbons (Fsp3) is 0.440. The van der Waals surface area contributed by atoms with Gasteiger partial charge in [-0.2, -0.15) is 0 Å². The van der Waals surface area contributed by atoms with Gasteiger partial charge < -0.3 is 36.2 Å². The van der Waals surface area contributed by atoms with Crippen molar-refractivity contribution in [2.24, 2.45) is 0 Å². The number of para-hydroxylation sites is 2. The molecule has 1 aromatic carbocycles. The average Bonchev–Trinajstić information content (AvgIpc) is 2.90. The van der Waals surface area contributed by atoms with E-state index in [0.717, 1.165) is 4.90 Å². The molecule has 1 heterocycles. The first kappa shape index (κ1) is 34.3. The molecule has 0 saturated carbocycles. The number of amides is 1. The van der Waals surface area contributed by atoms with E-state index in [1.807, 2.05) is 0 Å². The van der Waals surface area contributed by atoms with Gasteiger partial charge in [-0.25, -0.2) is 14.8 Å². The van der Waals surface area contributed by atoms with Crippen molar-refractivity contribution in [3.8, 4) is 0 Å². The maximum absolute atomic E-state index is 12.5. The monoisotopic (exact) mass is 607 g/mol. The number of aromatic carboxylic acids is 1. The topological polar surface area (TPSA) is 263 Å². The highest BCUT2D eigenvalue weighted by atomic mass is 16.4. The fourth-order valence-corrected chi connectivity index (χ4v) is 3.94. The van der Waals surface area contributed by atoms with Gasteiger partial charge in [0, 0.05) is 39.3 Å². The number of benzene rings is 1. The zero-order valence-corrected chi connectivity index (χ0v) is 23.0. The van der Waals surface area contributed by atoms with Crippen LogP contribution in [0.2, 0.25) is 0 Å². The summed E-state index contributed by atoms with van der Waals surface area (Å²) in [5, 5.41) is 51.3. The van der Waals surface area contributed by atoms with Gasteiger partial charge in [0.05, 0.1) is 43.8 Å². The summed E-state index contributed by atoms with van der Waals surface area (Å²) in [4.78, 5) is 80.9. The number of nitrogens with one attached hydrogen (secondary N) is 2. The van der Waals surface area contributed by atoms with E-state index >= 15 is 0 Å². The number of rotatable bonds is 21. The first-order valence-electron chi connectivity index (χ1n) is 12.9. The van der Waals surface area contributed by atoms with Crippen LogP contribution in [0.3, 0.4) is 0 Å². The van der Waals surface area contributed by atoms with Crippen LogP contribution in [0.4, 0.5) is 5.82 Å². The lowest BCUT2D eigenvalue weighted by molar-refractivity contribution is -0.143.